The van der Waals surface area contributed by atoms with E-state index >= 15 is 0 Å². The highest BCUT2D eigenvalue weighted by atomic mass is 32.2. The third-order valence-corrected chi connectivity index (χ3v) is 6.99. The van der Waals surface area contributed by atoms with Gasteiger partial charge >= 0.3 is 0 Å². The summed E-state index contributed by atoms with van der Waals surface area (Å²) in [6, 6.07) is 0.283. The molecule has 1 atom stereocenters. The van der Waals surface area contributed by atoms with Gasteiger partial charge in [-0.15, -0.1) is 0 Å². The fourth-order valence-corrected chi connectivity index (χ4v) is 5.41. The Morgan fingerprint density at radius 3 is 2.62 bits per heavy atom. The summed E-state index contributed by atoms with van der Waals surface area (Å²) in [5.74, 6) is -0.316. The van der Waals surface area contributed by atoms with Crippen molar-refractivity contribution in [3.05, 3.63) is 23.7 Å². The number of hydrogen-bond acceptors (Lipinski definition) is 4. The first-order chi connectivity index (χ1) is 12.7. The molecule has 2 saturated carbocycles. The molecule has 0 aromatic rings. The summed E-state index contributed by atoms with van der Waals surface area (Å²) in [7, 11) is 0. The molecule has 3 aliphatic carbocycles. The van der Waals surface area contributed by atoms with E-state index < -0.39 is 11.7 Å². The molecular formula is C20H26FN3OS. The molecule has 0 aromatic carbocycles. The summed E-state index contributed by atoms with van der Waals surface area (Å²) < 4.78 is 14.5. The number of nitrogens with one attached hydrogen (secondary N) is 1. The fraction of sp³-hybridized carbons (Fsp3) is 0.650. The van der Waals surface area contributed by atoms with Crippen molar-refractivity contribution >= 4 is 29.2 Å². The summed E-state index contributed by atoms with van der Waals surface area (Å²) >= 11 is 1.86. The van der Waals surface area contributed by atoms with Gasteiger partial charge in [0.1, 0.15) is 17.6 Å². The second-order valence-electron chi connectivity index (χ2n) is 7.64. The number of fused-ring (bicyclic) bond motifs is 1. The Morgan fingerprint density at radius 2 is 1.85 bits per heavy atom. The first-order valence-electron chi connectivity index (χ1n) is 9.85. The van der Waals surface area contributed by atoms with Crippen LogP contribution in [-0.4, -0.2) is 34.5 Å². The zero-order valence-corrected chi connectivity index (χ0v) is 15.9. The molecule has 4 nitrogen and oxygen atoms in total. The second kappa shape index (κ2) is 8.07. The minimum Gasteiger partial charge on any atom is -0.313 e. The Hall–Kier alpha value is -1.43. The maximum absolute atomic E-state index is 14.5. The highest BCUT2D eigenvalue weighted by molar-refractivity contribution is 8.00. The van der Waals surface area contributed by atoms with Crippen LogP contribution in [0.1, 0.15) is 57.8 Å². The van der Waals surface area contributed by atoms with E-state index in [1.165, 1.54) is 51.0 Å². The van der Waals surface area contributed by atoms with E-state index in [1.54, 1.807) is 6.08 Å². The number of aliphatic imine (C=N–C) groups is 2. The van der Waals surface area contributed by atoms with E-state index in [9.17, 15) is 9.18 Å². The van der Waals surface area contributed by atoms with Crippen molar-refractivity contribution in [1.82, 2.24) is 5.32 Å². The van der Waals surface area contributed by atoms with Crippen molar-refractivity contribution in [1.29, 1.82) is 0 Å². The van der Waals surface area contributed by atoms with Crippen molar-refractivity contribution in [2.24, 2.45) is 15.9 Å². The van der Waals surface area contributed by atoms with Crippen molar-refractivity contribution in [2.45, 2.75) is 69.1 Å². The minimum absolute atomic E-state index is 0.283. The zero-order valence-electron chi connectivity index (χ0n) is 15.0. The quantitative estimate of drug-likeness (QED) is 0.795. The lowest BCUT2D eigenvalue weighted by atomic mass is 9.94. The van der Waals surface area contributed by atoms with E-state index in [1.807, 2.05) is 11.8 Å². The first-order valence-corrected chi connectivity index (χ1v) is 10.9. The van der Waals surface area contributed by atoms with Gasteiger partial charge in [-0.1, -0.05) is 32.1 Å². The van der Waals surface area contributed by atoms with E-state index in [0.29, 0.717) is 28.2 Å². The van der Waals surface area contributed by atoms with Crippen LogP contribution < -0.4 is 5.32 Å². The molecule has 1 N–H and O–H groups in total. The molecule has 4 rings (SSSR count). The number of carbonyl (C=O) groups excluding carboxylic acids is 1. The number of halogens is 1. The highest BCUT2D eigenvalue weighted by Crippen LogP contribution is 2.32. The molecule has 1 aliphatic heterocycles. The van der Waals surface area contributed by atoms with Gasteiger partial charge in [-0.3, -0.25) is 9.79 Å². The molecule has 2 fully saturated rings. The molecule has 0 radical (unpaired) electrons. The van der Waals surface area contributed by atoms with Crippen LogP contribution in [0.5, 0.6) is 0 Å². The standard InChI is InChI=1S/C20H26FN3OS/c21-16-10-14(22-13-6-4-5-7-13)11-17-19(16)20(25)24-18(23-17)12-26-15-8-2-1-3-9-15/h10-11,13,15,19H,1-9,12H2,(H,23,24,25). The average Bonchev–Trinajstić information content (AvgIpc) is 3.13. The van der Waals surface area contributed by atoms with E-state index in [4.69, 9.17) is 0 Å². The largest absolute Gasteiger partial charge is 0.313 e. The van der Waals surface area contributed by atoms with Gasteiger partial charge in [0.2, 0.25) is 5.91 Å². The predicted molar refractivity (Wildman–Crippen MR) is 105 cm³/mol. The fourth-order valence-electron chi connectivity index (χ4n) is 4.21. The van der Waals surface area contributed by atoms with Crippen LogP contribution in [0.15, 0.2) is 33.7 Å². The van der Waals surface area contributed by atoms with Crippen LogP contribution in [-0.2, 0) is 4.79 Å². The van der Waals surface area contributed by atoms with Crippen LogP contribution in [0.3, 0.4) is 0 Å². The average molecular weight is 376 g/mol. The molecule has 140 valence electrons. The lowest BCUT2D eigenvalue weighted by Gasteiger charge is -2.26. The zero-order chi connectivity index (χ0) is 17.9. The number of allylic oxidation sites excluding steroid dienone is 2. The van der Waals surface area contributed by atoms with E-state index in [-0.39, 0.29) is 11.9 Å². The number of rotatable bonds is 4. The maximum atomic E-state index is 14.5. The smallest absolute Gasteiger partial charge is 0.241 e. The number of hydrogen-bond donors (Lipinski definition) is 1. The first kappa shape index (κ1) is 18.0. The van der Waals surface area contributed by atoms with E-state index in [0.717, 1.165) is 12.8 Å². The lowest BCUT2D eigenvalue weighted by molar-refractivity contribution is -0.122. The SMILES string of the molecule is O=C1NC(CSC2CCCCC2)=NC2=CC(=NC3CCCC3)C=C(F)C12. The molecule has 1 unspecified atom stereocenters. The molecule has 6 heteroatoms. The van der Waals surface area contributed by atoms with Gasteiger partial charge in [0.05, 0.1) is 23.2 Å². The van der Waals surface area contributed by atoms with Crippen LogP contribution in [0.4, 0.5) is 4.39 Å². The van der Waals surface area contributed by atoms with Gasteiger partial charge in [-0.25, -0.2) is 9.38 Å². The Balaban J connectivity index is 1.48. The Kier molecular flexibility index (Phi) is 5.57. The number of thioether (sulfide) groups is 1. The summed E-state index contributed by atoms with van der Waals surface area (Å²) in [6.07, 6.45) is 14.1. The third-order valence-electron chi connectivity index (χ3n) is 5.61. The predicted octanol–water partition coefficient (Wildman–Crippen LogP) is 4.33. The number of carbonyl (C=O) groups is 1. The lowest BCUT2D eigenvalue weighted by Crippen LogP contribution is -2.43. The molecule has 0 aromatic heterocycles. The summed E-state index contributed by atoms with van der Waals surface area (Å²) in [6.45, 7) is 0. The monoisotopic (exact) mass is 375 g/mol. The van der Waals surface area contributed by atoms with Gasteiger partial charge < -0.3 is 5.32 Å². The molecule has 0 spiro atoms. The van der Waals surface area contributed by atoms with E-state index in [2.05, 4.69) is 15.3 Å². The number of nitrogens with zero attached hydrogens (tertiary/aromatic N) is 2. The normalized spacial score (nSPS) is 29.1. The van der Waals surface area contributed by atoms with Crippen LogP contribution in [0, 0.1) is 5.92 Å². The Morgan fingerprint density at radius 1 is 1.12 bits per heavy atom. The molecule has 1 amide bonds. The molecule has 1 heterocycles. The maximum Gasteiger partial charge on any atom is 0.241 e. The van der Waals surface area contributed by atoms with Crippen molar-refractivity contribution < 1.29 is 9.18 Å². The van der Waals surface area contributed by atoms with Crippen LogP contribution in [0.2, 0.25) is 0 Å². The number of amides is 1. The molecule has 0 saturated heterocycles. The van der Waals surface area contributed by atoms with Crippen molar-refractivity contribution in [2.75, 3.05) is 5.75 Å². The summed E-state index contributed by atoms with van der Waals surface area (Å²) in [4.78, 5) is 21.6. The van der Waals surface area contributed by atoms with Crippen molar-refractivity contribution in [3.8, 4) is 0 Å². The van der Waals surface area contributed by atoms with Gasteiger partial charge in [0.15, 0.2) is 0 Å². The summed E-state index contributed by atoms with van der Waals surface area (Å²) in [5, 5.41) is 3.45. The van der Waals surface area contributed by atoms with Gasteiger partial charge in [-0.05, 0) is 37.8 Å². The van der Waals surface area contributed by atoms with Gasteiger partial charge in [-0.2, -0.15) is 11.8 Å². The van der Waals surface area contributed by atoms with Crippen LogP contribution in [0.25, 0.3) is 0 Å². The third kappa shape index (κ3) is 4.11. The highest BCUT2D eigenvalue weighted by Gasteiger charge is 2.35. The van der Waals surface area contributed by atoms with Crippen molar-refractivity contribution in [3.63, 3.8) is 0 Å². The Labute approximate surface area is 158 Å². The van der Waals surface area contributed by atoms with Gasteiger partial charge in [0, 0.05) is 5.25 Å². The second-order valence-corrected chi connectivity index (χ2v) is 8.93. The molecule has 0 bridgehead atoms. The summed E-state index contributed by atoms with van der Waals surface area (Å²) in [5.41, 5.74) is 1.13. The van der Waals surface area contributed by atoms with Gasteiger partial charge in [0.25, 0.3) is 0 Å². The molecule has 4 aliphatic rings. The minimum atomic E-state index is -0.902. The number of amidine groups is 1. The Bertz CT molecular complexity index is 685. The molecule has 26 heavy (non-hydrogen) atoms. The van der Waals surface area contributed by atoms with Crippen LogP contribution >= 0.6 is 11.8 Å². The topological polar surface area (TPSA) is 53.8 Å². The molecular weight excluding hydrogens is 349 g/mol.